The Morgan fingerprint density at radius 1 is 0.741 bits per heavy atom. The van der Waals surface area contributed by atoms with E-state index >= 15 is 0 Å². The standard InChI is InChI=1S/C19H19NO7/c1-24-15-8-6-11(10-16(15)25-2)17(21)20-14-9-12(18(22)26-3)5-7-13(14)19(23)27-4/h5-10H,1-4H3,(H,20,21). The van der Waals surface area contributed by atoms with Crippen LogP contribution < -0.4 is 14.8 Å². The van der Waals surface area contributed by atoms with E-state index < -0.39 is 17.8 Å². The molecular formula is C19H19NO7. The molecule has 1 N–H and O–H groups in total. The summed E-state index contributed by atoms with van der Waals surface area (Å²) >= 11 is 0. The van der Waals surface area contributed by atoms with Gasteiger partial charge in [-0.1, -0.05) is 0 Å². The third-order valence-electron chi connectivity index (χ3n) is 3.74. The van der Waals surface area contributed by atoms with E-state index in [0.29, 0.717) is 11.5 Å². The predicted molar refractivity (Wildman–Crippen MR) is 96.6 cm³/mol. The number of nitrogens with one attached hydrogen (secondary N) is 1. The summed E-state index contributed by atoms with van der Waals surface area (Å²) in [5.74, 6) is -0.927. The molecule has 0 spiro atoms. The van der Waals surface area contributed by atoms with Crippen LogP contribution in [0.15, 0.2) is 36.4 Å². The lowest BCUT2D eigenvalue weighted by Gasteiger charge is -2.13. The fourth-order valence-electron chi connectivity index (χ4n) is 2.35. The maximum absolute atomic E-state index is 12.6. The van der Waals surface area contributed by atoms with Crippen molar-refractivity contribution < 1.29 is 33.3 Å². The molecule has 0 aliphatic rings. The Morgan fingerprint density at radius 2 is 1.37 bits per heavy atom. The van der Waals surface area contributed by atoms with Crippen molar-refractivity contribution in [2.24, 2.45) is 0 Å². The number of benzene rings is 2. The molecule has 0 saturated heterocycles. The highest BCUT2D eigenvalue weighted by Crippen LogP contribution is 2.28. The summed E-state index contributed by atoms with van der Waals surface area (Å²) in [6.45, 7) is 0. The molecule has 142 valence electrons. The van der Waals surface area contributed by atoms with Crippen molar-refractivity contribution in [3.8, 4) is 11.5 Å². The first-order valence-electron chi connectivity index (χ1n) is 7.79. The normalized spacial score (nSPS) is 9.93. The highest BCUT2D eigenvalue weighted by molar-refractivity contribution is 6.09. The first-order chi connectivity index (χ1) is 12.9. The quantitative estimate of drug-likeness (QED) is 0.777. The van der Waals surface area contributed by atoms with Gasteiger partial charge in [-0.2, -0.15) is 0 Å². The molecule has 8 heteroatoms. The zero-order valence-electron chi connectivity index (χ0n) is 15.3. The van der Waals surface area contributed by atoms with Gasteiger partial charge in [0.2, 0.25) is 0 Å². The molecule has 0 atom stereocenters. The van der Waals surface area contributed by atoms with Gasteiger partial charge in [0, 0.05) is 5.56 Å². The second kappa shape index (κ2) is 8.70. The zero-order chi connectivity index (χ0) is 20.0. The van der Waals surface area contributed by atoms with Gasteiger partial charge in [-0.3, -0.25) is 4.79 Å². The van der Waals surface area contributed by atoms with E-state index in [-0.39, 0.29) is 22.4 Å². The van der Waals surface area contributed by atoms with Gasteiger partial charge in [-0.15, -0.1) is 0 Å². The molecule has 0 heterocycles. The van der Waals surface area contributed by atoms with E-state index in [9.17, 15) is 14.4 Å². The highest BCUT2D eigenvalue weighted by atomic mass is 16.5. The Kier molecular flexibility index (Phi) is 6.37. The summed E-state index contributed by atoms with van der Waals surface area (Å²) in [4.78, 5) is 36.3. The molecule has 2 aromatic carbocycles. The first-order valence-corrected chi connectivity index (χ1v) is 7.79. The van der Waals surface area contributed by atoms with Crippen LogP contribution in [0.2, 0.25) is 0 Å². The van der Waals surface area contributed by atoms with Gasteiger partial charge in [0.05, 0.1) is 45.3 Å². The first kappa shape index (κ1) is 19.8. The van der Waals surface area contributed by atoms with Crippen molar-refractivity contribution in [1.29, 1.82) is 0 Å². The number of esters is 2. The molecule has 0 aliphatic heterocycles. The van der Waals surface area contributed by atoms with Crippen molar-refractivity contribution in [3.63, 3.8) is 0 Å². The summed E-state index contributed by atoms with van der Waals surface area (Å²) in [6.07, 6.45) is 0. The number of ether oxygens (including phenoxy) is 4. The lowest BCUT2D eigenvalue weighted by atomic mass is 10.1. The molecule has 0 bridgehead atoms. The van der Waals surface area contributed by atoms with Gasteiger partial charge in [0.1, 0.15) is 0 Å². The van der Waals surface area contributed by atoms with Gasteiger partial charge >= 0.3 is 11.9 Å². The van der Waals surface area contributed by atoms with E-state index in [0.717, 1.165) is 0 Å². The Labute approximate surface area is 156 Å². The Hall–Kier alpha value is -3.55. The molecule has 8 nitrogen and oxygen atoms in total. The molecule has 0 unspecified atom stereocenters. The van der Waals surface area contributed by atoms with Gasteiger partial charge in [0.15, 0.2) is 11.5 Å². The van der Waals surface area contributed by atoms with Gasteiger partial charge in [-0.05, 0) is 36.4 Å². The van der Waals surface area contributed by atoms with E-state index in [1.54, 1.807) is 12.1 Å². The summed E-state index contributed by atoms with van der Waals surface area (Å²) < 4.78 is 19.7. The topological polar surface area (TPSA) is 100 Å². The minimum Gasteiger partial charge on any atom is -0.493 e. The SMILES string of the molecule is COC(=O)c1ccc(C(=O)OC)c(NC(=O)c2ccc(OC)c(OC)c2)c1. The Morgan fingerprint density at radius 3 is 1.96 bits per heavy atom. The fraction of sp³-hybridized carbons (Fsp3) is 0.211. The molecule has 0 aromatic heterocycles. The fourth-order valence-corrected chi connectivity index (χ4v) is 2.35. The third kappa shape index (κ3) is 4.35. The zero-order valence-corrected chi connectivity index (χ0v) is 15.3. The van der Waals surface area contributed by atoms with Crippen LogP contribution in [0.5, 0.6) is 11.5 Å². The minimum atomic E-state index is -0.658. The van der Waals surface area contributed by atoms with E-state index in [2.05, 4.69) is 10.1 Å². The van der Waals surface area contributed by atoms with Crippen molar-refractivity contribution in [3.05, 3.63) is 53.1 Å². The summed E-state index contributed by atoms with van der Waals surface area (Å²) in [6, 6.07) is 8.75. The second-order valence-corrected chi connectivity index (χ2v) is 5.27. The number of methoxy groups -OCH3 is 4. The van der Waals surface area contributed by atoms with Crippen LogP contribution in [-0.4, -0.2) is 46.3 Å². The van der Waals surface area contributed by atoms with Crippen LogP contribution in [0.4, 0.5) is 5.69 Å². The van der Waals surface area contributed by atoms with E-state index in [1.807, 2.05) is 0 Å². The van der Waals surface area contributed by atoms with Gasteiger partial charge in [-0.25, -0.2) is 9.59 Å². The van der Waals surface area contributed by atoms with E-state index in [4.69, 9.17) is 14.2 Å². The molecule has 2 rings (SSSR count). The number of anilines is 1. The Balaban J connectivity index is 2.40. The smallest absolute Gasteiger partial charge is 0.339 e. The number of amides is 1. The van der Waals surface area contributed by atoms with E-state index in [1.165, 1.54) is 52.7 Å². The maximum Gasteiger partial charge on any atom is 0.339 e. The highest BCUT2D eigenvalue weighted by Gasteiger charge is 2.18. The molecule has 27 heavy (non-hydrogen) atoms. The third-order valence-corrected chi connectivity index (χ3v) is 3.74. The number of rotatable bonds is 6. The summed E-state index contributed by atoms with van der Waals surface area (Å²) in [5, 5.41) is 2.61. The van der Waals surface area contributed by atoms with Crippen LogP contribution in [0, 0.1) is 0 Å². The number of carbonyl (C=O) groups excluding carboxylic acids is 3. The molecule has 0 saturated carbocycles. The average Bonchev–Trinajstić information content (AvgIpc) is 2.71. The van der Waals surface area contributed by atoms with Crippen LogP contribution >= 0.6 is 0 Å². The molecule has 0 radical (unpaired) electrons. The maximum atomic E-state index is 12.6. The van der Waals surface area contributed by atoms with Gasteiger partial charge < -0.3 is 24.3 Å². The Bertz CT molecular complexity index is 876. The number of hydrogen-bond acceptors (Lipinski definition) is 7. The molecule has 2 aromatic rings. The minimum absolute atomic E-state index is 0.0963. The molecule has 1 amide bonds. The molecule has 0 fully saturated rings. The summed E-state index contributed by atoms with van der Waals surface area (Å²) in [7, 11) is 5.39. The van der Waals surface area contributed by atoms with Crippen LogP contribution in [0.1, 0.15) is 31.1 Å². The second-order valence-electron chi connectivity index (χ2n) is 5.27. The van der Waals surface area contributed by atoms with Crippen LogP contribution in [-0.2, 0) is 9.47 Å². The monoisotopic (exact) mass is 373 g/mol. The van der Waals surface area contributed by atoms with Crippen molar-refractivity contribution in [1.82, 2.24) is 0 Å². The van der Waals surface area contributed by atoms with Crippen molar-refractivity contribution in [2.75, 3.05) is 33.8 Å². The summed E-state index contributed by atoms with van der Waals surface area (Å²) in [5.41, 5.74) is 0.656. The molecular weight excluding hydrogens is 354 g/mol. The van der Waals surface area contributed by atoms with Gasteiger partial charge in [0.25, 0.3) is 5.91 Å². The number of carbonyl (C=O) groups is 3. The molecule has 0 aliphatic carbocycles. The lowest BCUT2D eigenvalue weighted by Crippen LogP contribution is -2.16. The predicted octanol–water partition coefficient (Wildman–Crippen LogP) is 2.53. The number of hydrogen-bond donors (Lipinski definition) is 1. The lowest BCUT2D eigenvalue weighted by molar-refractivity contribution is 0.0587. The average molecular weight is 373 g/mol. The largest absolute Gasteiger partial charge is 0.493 e. The van der Waals surface area contributed by atoms with Crippen LogP contribution in [0.3, 0.4) is 0 Å². The van der Waals surface area contributed by atoms with Crippen LogP contribution in [0.25, 0.3) is 0 Å². The van der Waals surface area contributed by atoms with Crippen molar-refractivity contribution >= 4 is 23.5 Å². The van der Waals surface area contributed by atoms with Crippen molar-refractivity contribution in [2.45, 2.75) is 0 Å².